The van der Waals surface area contributed by atoms with Gasteiger partial charge < -0.3 is 27.8 Å². The fourth-order valence-corrected chi connectivity index (χ4v) is 5.16. The zero-order chi connectivity index (χ0) is 22.8. The molecule has 0 bridgehead atoms. The van der Waals surface area contributed by atoms with E-state index in [1.165, 1.54) is 0 Å². The summed E-state index contributed by atoms with van der Waals surface area (Å²) in [6.45, 7) is 22.8. The van der Waals surface area contributed by atoms with Gasteiger partial charge >= 0.3 is 0 Å². The highest BCUT2D eigenvalue weighted by Gasteiger charge is 2.53. The van der Waals surface area contributed by atoms with Crippen LogP contribution in [-0.2, 0) is 27.8 Å². The quantitative estimate of drug-likeness (QED) is 0.470. The van der Waals surface area contributed by atoms with Crippen molar-refractivity contribution in [2.45, 2.75) is 109 Å². The summed E-state index contributed by atoms with van der Waals surface area (Å²) in [5.41, 5.74) is 0. The molecule has 0 amide bonds. The molecule has 1 heterocycles. The Kier molecular flexibility index (Phi) is 9.17. The smallest absolute Gasteiger partial charge is 0.192 e. The van der Waals surface area contributed by atoms with Gasteiger partial charge in [-0.15, -0.1) is 0 Å². The minimum Gasteiger partial charge on any atom is -0.414 e. The summed E-state index contributed by atoms with van der Waals surface area (Å²) in [6.07, 6.45) is -1.68. The van der Waals surface area contributed by atoms with E-state index in [1.807, 2.05) is 0 Å². The van der Waals surface area contributed by atoms with E-state index in [0.717, 1.165) is 0 Å². The third kappa shape index (κ3) is 6.35. The van der Waals surface area contributed by atoms with Gasteiger partial charge in [-0.2, -0.15) is 0 Å². The highest BCUT2D eigenvalue weighted by atomic mass is 28.4. The second kappa shape index (κ2) is 9.77. The number of rotatable bonds is 9. The van der Waals surface area contributed by atoms with E-state index in [1.54, 1.807) is 21.3 Å². The predicted molar refractivity (Wildman–Crippen MR) is 122 cm³/mol. The fraction of sp³-hybridized carbons (Fsp3) is 1.00. The molecule has 6 nitrogen and oxygen atoms in total. The molecule has 0 N–H and O–H groups in total. The lowest BCUT2D eigenvalue weighted by atomic mass is 10.1. The van der Waals surface area contributed by atoms with Gasteiger partial charge in [0, 0.05) is 21.3 Å². The molecule has 0 aliphatic carbocycles. The minimum absolute atomic E-state index is 0.0706. The SMILES string of the molecule is CO[C@H]1O[C@@H]([C@@H](CO[Si](C)(C)C(C)(C)C)OC)[C@H](O[Si](C)(C)C(C)(C)C)[C@H]1OC. The van der Waals surface area contributed by atoms with Crippen LogP contribution in [0, 0.1) is 0 Å². The molecular weight excluding hydrogens is 404 g/mol. The van der Waals surface area contributed by atoms with Crippen molar-refractivity contribution in [2.75, 3.05) is 27.9 Å². The van der Waals surface area contributed by atoms with E-state index < -0.39 is 22.9 Å². The molecule has 1 fully saturated rings. The molecule has 1 rings (SSSR count). The third-order valence-electron chi connectivity index (χ3n) is 7.03. The van der Waals surface area contributed by atoms with E-state index in [9.17, 15) is 0 Å². The van der Waals surface area contributed by atoms with Gasteiger partial charge in [-0.05, 0) is 36.3 Å². The first kappa shape index (κ1) is 27.2. The summed E-state index contributed by atoms with van der Waals surface area (Å²) in [6, 6.07) is 0. The van der Waals surface area contributed by atoms with Crippen molar-refractivity contribution in [1.82, 2.24) is 0 Å². The van der Waals surface area contributed by atoms with Crippen LogP contribution < -0.4 is 0 Å². The first-order valence-electron chi connectivity index (χ1n) is 10.6. The zero-order valence-electron chi connectivity index (χ0n) is 21.0. The standard InChI is InChI=1S/C21H46O6Si2/c1-20(2,3)28(10,11)25-14-15(22-7)16-17(18(23-8)19(24-9)26-16)27-29(12,13)21(4,5)6/h15-19H,14H2,1-13H3/t15-,16+,17+,18-,19+/m1/s1. The molecule has 0 saturated carbocycles. The Morgan fingerprint density at radius 1 is 0.793 bits per heavy atom. The zero-order valence-corrected chi connectivity index (χ0v) is 23.0. The molecule has 0 unspecified atom stereocenters. The van der Waals surface area contributed by atoms with Crippen molar-refractivity contribution in [3.63, 3.8) is 0 Å². The van der Waals surface area contributed by atoms with E-state index >= 15 is 0 Å². The number of hydrogen-bond acceptors (Lipinski definition) is 6. The van der Waals surface area contributed by atoms with E-state index in [-0.39, 0.29) is 34.5 Å². The lowest BCUT2D eigenvalue weighted by molar-refractivity contribution is -0.173. The molecule has 8 heteroatoms. The van der Waals surface area contributed by atoms with Gasteiger partial charge in [0.25, 0.3) is 0 Å². The molecule has 1 aliphatic heterocycles. The average Bonchev–Trinajstić information content (AvgIpc) is 2.90. The maximum Gasteiger partial charge on any atom is 0.192 e. The van der Waals surface area contributed by atoms with Gasteiger partial charge in [0.2, 0.25) is 0 Å². The first-order valence-corrected chi connectivity index (χ1v) is 16.4. The molecule has 1 aliphatic rings. The van der Waals surface area contributed by atoms with Crippen LogP contribution in [0.5, 0.6) is 0 Å². The van der Waals surface area contributed by atoms with Gasteiger partial charge in [0.05, 0.1) is 6.61 Å². The molecule has 174 valence electrons. The van der Waals surface area contributed by atoms with Crippen LogP contribution in [0.25, 0.3) is 0 Å². The summed E-state index contributed by atoms with van der Waals surface area (Å²) in [7, 11) is 1.04. The molecular formula is C21H46O6Si2. The number of ether oxygens (including phenoxy) is 4. The van der Waals surface area contributed by atoms with E-state index in [2.05, 4.69) is 67.7 Å². The van der Waals surface area contributed by atoms with Gasteiger partial charge in [-0.25, -0.2) is 0 Å². The van der Waals surface area contributed by atoms with E-state index in [4.69, 9.17) is 27.8 Å². The van der Waals surface area contributed by atoms with Gasteiger partial charge in [0.15, 0.2) is 22.9 Å². The predicted octanol–water partition coefficient (Wildman–Crippen LogP) is 4.80. The molecule has 0 aromatic carbocycles. The Balaban J connectivity index is 3.12. The largest absolute Gasteiger partial charge is 0.414 e. The van der Waals surface area contributed by atoms with Crippen LogP contribution in [0.3, 0.4) is 0 Å². The Morgan fingerprint density at radius 3 is 1.69 bits per heavy atom. The number of hydrogen-bond donors (Lipinski definition) is 0. The van der Waals surface area contributed by atoms with Crippen molar-refractivity contribution in [1.29, 1.82) is 0 Å². The summed E-state index contributed by atoms with van der Waals surface area (Å²) in [5.74, 6) is 0. The van der Waals surface area contributed by atoms with Crippen molar-refractivity contribution in [3.05, 3.63) is 0 Å². The maximum absolute atomic E-state index is 6.78. The molecule has 29 heavy (non-hydrogen) atoms. The second-order valence-electron chi connectivity index (χ2n) is 11.1. The van der Waals surface area contributed by atoms with Gasteiger partial charge in [-0.1, -0.05) is 41.5 Å². The Hall–Kier alpha value is 0.194. The average molecular weight is 451 g/mol. The Morgan fingerprint density at radius 2 is 1.31 bits per heavy atom. The van der Waals surface area contributed by atoms with Crippen molar-refractivity contribution in [3.8, 4) is 0 Å². The molecule has 0 aromatic rings. The third-order valence-corrected chi connectivity index (χ3v) is 16.0. The lowest BCUT2D eigenvalue weighted by Crippen LogP contribution is -2.53. The summed E-state index contributed by atoms with van der Waals surface area (Å²) in [4.78, 5) is 0. The molecule has 1 saturated heterocycles. The molecule has 0 radical (unpaired) electrons. The maximum atomic E-state index is 6.78. The molecule has 5 atom stereocenters. The number of methoxy groups -OCH3 is 3. The van der Waals surface area contributed by atoms with Crippen LogP contribution in [0.1, 0.15) is 41.5 Å². The van der Waals surface area contributed by atoms with E-state index in [0.29, 0.717) is 6.61 Å². The lowest BCUT2D eigenvalue weighted by Gasteiger charge is -2.42. The summed E-state index contributed by atoms with van der Waals surface area (Å²) < 4.78 is 36.7. The molecule has 0 spiro atoms. The second-order valence-corrected chi connectivity index (χ2v) is 20.7. The Labute approximate surface area is 181 Å². The molecule has 0 aromatic heterocycles. The fourth-order valence-electron chi connectivity index (χ4n) is 2.84. The minimum atomic E-state index is -2.06. The van der Waals surface area contributed by atoms with Crippen LogP contribution in [0.15, 0.2) is 0 Å². The normalized spacial score (nSPS) is 28.0. The van der Waals surface area contributed by atoms with Crippen LogP contribution in [-0.4, -0.2) is 75.3 Å². The highest BCUT2D eigenvalue weighted by molar-refractivity contribution is 6.74. The highest BCUT2D eigenvalue weighted by Crippen LogP contribution is 2.41. The van der Waals surface area contributed by atoms with Gasteiger partial charge in [0.1, 0.15) is 24.4 Å². The monoisotopic (exact) mass is 450 g/mol. The first-order chi connectivity index (χ1) is 13.0. The van der Waals surface area contributed by atoms with Crippen LogP contribution in [0.4, 0.5) is 0 Å². The summed E-state index contributed by atoms with van der Waals surface area (Å²) >= 11 is 0. The van der Waals surface area contributed by atoms with Crippen molar-refractivity contribution in [2.24, 2.45) is 0 Å². The topological polar surface area (TPSA) is 55.4 Å². The van der Waals surface area contributed by atoms with Crippen molar-refractivity contribution < 1.29 is 27.8 Å². The van der Waals surface area contributed by atoms with Crippen LogP contribution >= 0.6 is 0 Å². The van der Waals surface area contributed by atoms with Gasteiger partial charge in [-0.3, -0.25) is 0 Å². The summed E-state index contributed by atoms with van der Waals surface area (Å²) in [5, 5.41) is 0.199. The Bertz CT molecular complexity index is 512. The van der Waals surface area contributed by atoms with Crippen LogP contribution in [0.2, 0.25) is 36.3 Å². The van der Waals surface area contributed by atoms with Crippen molar-refractivity contribution >= 4 is 16.6 Å².